The van der Waals surface area contributed by atoms with Gasteiger partial charge in [0.05, 0.1) is 0 Å². The molecule has 2 fully saturated rings. The normalized spacial score (nSPS) is 34.6. The molecule has 14 heavy (non-hydrogen) atoms. The van der Waals surface area contributed by atoms with E-state index in [9.17, 15) is 0 Å². The quantitative estimate of drug-likeness (QED) is 0.575. The van der Waals surface area contributed by atoms with Crippen LogP contribution >= 0.6 is 0 Å². The van der Waals surface area contributed by atoms with Gasteiger partial charge in [-0.3, -0.25) is 0 Å². The molecule has 0 heteroatoms. The number of rotatable bonds is 3. The SMILES string of the molecule is C=CCC1CCCC1C1CCCCC1. The topological polar surface area (TPSA) is 0 Å². The molecule has 0 nitrogen and oxygen atoms in total. The molecule has 80 valence electrons. The van der Waals surface area contributed by atoms with Gasteiger partial charge in [-0.15, -0.1) is 6.58 Å². The van der Waals surface area contributed by atoms with Crippen molar-refractivity contribution in [2.75, 3.05) is 0 Å². The zero-order valence-electron chi connectivity index (χ0n) is 9.38. The molecule has 0 heterocycles. The fourth-order valence-corrected chi connectivity index (χ4v) is 3.76. The van der Waals surface area contributed by atoms with E-state index in [1.165, 1.54) is 57.8 Å². The first-order chi connectivity index (χ1) is 6.92. The maximum atomic E-state index is 3.90. The van der Waals surface area contributed by atoms with Crippen molar-refractivity contribution < 1.29 is 0 Å². The summed E-state index contributed by atoms with van der Waals surface area (Å²) in [5, 5.41) is 0. The molecule has 0 amide bonds. The number of hydrogen-bond donors (Lipinski definition) is 0. The van der Waals surface area contributed by atoms with Crippen LogP contribution in [-0.2, 0) is 0 Å². The van der Waals surface area contributed by atoms with Gasteiger partial charge in [0.15, 0.2) is 0 Å². The van der Waals surface area contributed by atoms with Gasteiger partial charge in [-0.25, -0.2) is 0 Å². The van der Waals surface area contributed by atoms with Crippen molar-refractivity contribution >= 4 is 0 Å². The molecule has 2 saturated carbocycles. The van der Waals surface area contributed by atoms with Crippen LogP contribution in [0.1, 0.15) is 57.8 Å². The Morgan fingerprint density at radius 3 is 2.43 bits per heavy atom. The van der Waals surface area contributed by atoms with Crippen LogP contribution in [0.15, 0.2) is 12.7 Å². The molecule has 2 aliphatic carbocycles. The molecular weight excluding hydrogens is 168 g/mol. The summed E-state index contributed by atoms with van der Waals surface area (Å²) in [5.41, 5.74) is 0. The van der Waals surface area contributed by atoms with Crippen LogP contribution in [0.25, 0.3) is 0 Å². The third-order valence-electron chi connectivity index (χ3n) is 4.44. The Balaban J connectivity index is 1.90. The summed E-state index contributed by atoms with van der Waals surface area (Å²) in [5.74, 6) is 3.14. The lowest BCUT2D eigenvalue weighted by Crippen LogP contribution is -2.21. The van der Waals surface area contributed by atoms with Crippen LogP contribution in [-0.4, -0.2) is 0 Å². The minimum absolute atomic E-state index is 0.996. The lowest BCUT2D eigenvalue weighted by molar-refractivity contribution is 0.203. The maximum Gasteiger partial charge on any atom is -0.0322 e. The van der Waals surface area contributed by atoms with Crippen LogP contribution in [0.2, 0.25) is 0 Å². The molecule has 0 radical (unpaired) electrons. The van der Waals surface area contributed by atoms with Gasteiger partial charge in [-0.2, -0.15) is 0 Å². The first kappa shape index (κ1) is 10.3. The summed E-state index contributed by atoms with van der Waals surface area (Å²) in [6.45, 7) is 3.90. The summed E-state index contributed by atoms with van der Waals surface area (Å²) >= 11 is 0. The standard InChI is InChI=1S/C14H24/c1-2-7-12-10-6-11-14(12)13-8-4-3-5-9-13/h2,12-14H,1,3-11H2. The zero-order valence-corrected chi connectivity index (χ0v) is 9.38. The maximum absolute atomic E-state index is 3.90. The summed E-state index contributed by atoms with van der Waals surface area (Å²) in [7, 11) is 0. The second-order valence-electron chi connectivity index (χ2n) is 5.28. The highest BCUT2D eigenvalue weighted by Crippen LogP contribution is 2.44. The number of hydrogen-bond acceptors (Lipinski definition) is 0. The van der Waals surface area contributed by atoms with E-state index in [1.54, 1.807) is 0 Å². The van der Waals surface area contributed by atoms with Gasteiger partial charge < -0.3 is 0 Å². The van der Waals surface area contributed by atoms with Gasteiger partial charge in [0, 0.05) is 0 Å². The largest absolute Gasteiger partial charge is 0.103 e. The molecule has 2 aliphatic rings. The Bertz CT molecular complexity index is 176. The Morgan fingerprint density at radius 1 is 0.929 bits per heavy atom. The van der Waals surface area contributed by atoms with E-state index in [0.717, 1.165) is 17.8 Å². The van der Waals surface area contributed by atoms with E-state index in [4.69, 9.17) is 0 Å². The van der Waals surface area contributed by atoms with Crippen LogP contribution < -0.4 is 0 Å². The van der Waals surface area contributed by atoms with E-state index >= 15 is 0 Å². The average molecular weight is 192 g/mol. The molecule has 0 aromatic carbocycles. The van der Waals surface area contributed by atoms with Gasteiger partial charge in [0.25, 0.3) is 0 Å². The van der Waals surface area contributed by atoms with Gasteiger partial charge in [0.1, 0.15) is 0 Å². The monoisotopic (exact) mass is 192 g/mol. The van der Waals surface area contributed by atoms with Crippen LogP contribution in [0.3, 0.4) is 0 Å². The second-order valence-corrected chi connectivity index (χ2v) is 5.28. The van der Waals surface area contributed by atoms with Crippen molar-refractivity contribution in [3.05, 3.63) is 12.7 Å². The lowest BCUT2D eigenvalue weighted by atomic mass is 9.75. The highest BCUT2D eigenvalue weighted by Gasteiger charge is 2.32. The third-order valence-corrected chi connectivity index (χ3v) is 4.44. The van der Waals surface area contributed by atoms with Gasteiger partial charge >= 0.3 is 0 Å². The Labute approximate surface area is 88.8 Å². The summed E-state index contributed by atoms with van der Waals surface area (Å²) in [6.07, 6.45) is 15.5. The van der Waals surface area contributed by atoms with E-state index in [-0.39, 0.29) is 0 Å². The zero-order chi connectivity index (χ0) is 9.80. The highest BCUT2D eigenvalue weighted by atomic mass is 14.4. The van der Waals surface area contributed by atoms with E-state index in [0.29, 0.717) is 0 Å². The Morgan fingerprint density at radius 2 is 1.71 bits per heavy atom. The molecule has 0 aliphatic heterocycles. The van der Waals surface area contributed by atoms with Crippen molar-refractivity contribution in [1.82, 2.24) is 0 Å². The average Bonchev–Trinajstić information content (AvgIpc) is 2.68. The van der Waals surface area contributed by atoms with Gasteiger partial charge in [0.2, 0.25) is 0 Å². The summed E-state index contributed by atoms with van der Waals surface area (Å²) in [4.78, 5) is 0. The van der Waals surface area contributed by atoms with Gasteiger partial charge in [-0.05, 0) is 37.0 Å². The minimum atomic E-state index is 0.996. The van der Waals surface area contributed by atoms with Crippen molar-refractivity contribution in [1.29, 1.82) is 0 Å². The minimum Gasteiger partial charge on any atom is -0.103 e. The molecule has 2 rings (SSSR count). The molecule has 2 unspecified atom stereocenters. The molecule has 0 aromatic rings. The molecule has 0 N–H and O–H groups in total. The summed E-state index contributed by atoms with van der Waals surface area (Å²) in [6, 6.07) is 0. The van der Waals surface area contributed by atoms with Crippen molar-refractivity contribution in [3.63, 3.8) is 0 Å². The van der Waals surface area contributed by atoms with E-state index in [1.807, 2.05) is 0 Å². The smallest absolute Gasteiger partial charge is 0.0322 e. The number of allylic oxidation sites excluding steroid dienone is 1. The molecular formula is C14H24. The van der Waals surface area contributed by atoms with Crippen molar-refractivity contribution in [3.8, 4) is 0 Å². The van der Waals surface area contributed by atoms with Crippen LogP contribution in [0.4, 0.5) is 0 Å². The molecule has 2 atom stereocenters. The predicted octanol–water partition coefficient (Wildman–Crippen LogP) is 4.56. The lowest BCUT2D eigenvalue weighted by Gasteiger charge is -2.31. The summed E-state index contributed by atoms with van der Waals surface area (Å²) < 4.78 is 0. The Hall–Kier alpha value is -0.260. The van der Waals surface area contributed by atoms with Crippen molar-refractivity contribution in [2.24, 2.45) is 17.8 Å². The van der Waals surface area contributed by atoms with E-state index in [2.05, 4.69) is 12.7 Å². The predicted molar refractivity (Wildman–Crippen MR) is 62.2 cm³/mol. The fraction of sp³-hybridized carbons (Fsp3) is 0.857. The Kier molecular flexibility index (Phi) is 3.67. The highest BCUT2D eigenvalue weighted by molar-refractivity contribution is 4.87. The first-order valence-corrected chi connectivity index (χ1v) is 6.52. The fourth-order valence-electron chi connectivity index (χ4n) is 3.76. The van der Waals surface area contributed by atoms with E-state index < -0.39 is 0 Å². The van der Waals surface area contributed by atoms with Crippen LogP contribution in [0, 0.1) is 17.8 Å². The van der Waals surface area contributed by atoms with Gasteiger partial charge in [-0.1, -0.05) is 44.6 Å². The van der Waals surface area contributed by atoms with Crippen LogP contribution in [0.5, 0.6) is 0 Å². The molecule has 0 spiro atoms. The second kappa shape index (κ2) is 5.00. The third kappa shape index (κ3) is 2.21. The van der Waals surface area contributed by atoms with Crippen molar-refractivity contribution in [2.45, 2.75) is 57.8 Å². The molecule has 0 saturated heterocycles. The molecule has 0 bridgehead atoms. The molecule has 0 aromatic heterocycles. The first-order valence-electron chi connectivity index (χ1n) is 6.52.